The van der Waals surface area contributed by atoms with Crippen molar-refractivity contribution in [1.29, 1.82) is 0 Å². The largest absolute Gasteiger partial charge is 0.482 e. The van der Waals surface area contributed by atoms with Crippen molar-refractivity contribution in [3.05, 3.63) is 64.4 Å². The van der Waals surface area contributed by atoms with Gasteiger partial charge in [0.2, 0.25) is 0 Å². The molecule has 2 aromatic carbocycles. The first-order valence-electron chi connectivity index (χ1n) is 9.36. The van der Waals surface area contributed by atoms with Crippen molar-refractivity contribution in [3.8, 4) is 5.75 Å². The van der Waals surface area contributed by atoms with Crippen molar-refractivity contribution in [3.63, 3.8) is 0 Å². The summed E-state index contributed by atoms with van der Waals surface area (Å²) in [6, 6.07) is 11.8. The van der Waals surface area contributed by atoms with Gasteiger partial charge in [0, 0.05) is 0 Å². The average molecular weight is 408 g/mol. The second-order valence-corrected chi connectivity index (χ2v) is 7.37. The van der Waals surface area contributed by atoms with Crippen LogP contribution >= 0.6 is 11.6 Å². The molecule has 1 atom stereocenters. The molecule has 7 heteroatoms. The molecule has 5 nitrogen and oxygen atoms in total. The Balaban J connectivity index is 1.63. The van der Waals surface area contributed by atoms with Crippen molar-refractivity contribution in [2.45, 2.75) is 13.0 Å². The average Bonchev–Trinajstić information content (AvgIpc) is 2.68. The van der Waals surface area contributed by atoms with Crippen LogP contribution < -0.4 is 15.0 Å². The molecule has 28 heavy (non-hydrogen) atoms. The molecule has 1 heterocycles. The van der Waals surface area contributed by atoms with Gasteiger partial charge in [0.15, 0.2) is 6.61 Å². The minimum Gasteiger partial charge on any atom is -0.482 e. The van der Waals surface area contributed by atoms with Crippen LogP contribution in [0.25, 0.3) is 0 Å². The zero-order chi connectivity index (χ0) is 19.9. The Morgan fingerprint density at radius 1 is 1.25 bits per heavy atom. The number of rotatable bonds is 7. The summed E-state index contributed by atoms with van der Waals surface area (Å²) in [6.45, 7) is 5.92. The zero-order valence-corrected chi connectivity index (χ0v) is 16.6. The maximum atomic E-state index is 13.1. The smallest absolute Gasteiger partial charge is 0.258 e. The van der Waals surface area contributed by atoms with Crippen LogP contribution in [0.5, 0.6) is 5.75 Å². The lowest BCUT2D eigenvalue weighted by molar-refractivity contribution is -0.909. The summed E-state index contributed by atoms with van der Waals surface area (Å²) in [7, 11) is 0. The van der Waals surface area contributed by atoms with E-state index in [9.17, 15) is 9.18 Å². The monoisotopic (exact) mass is 407 g/mol. The van der Waals surface area contributed by atoms with Crippen LogP contribution in [0.3, 0.4) is 0 Å². The molecule has 0 unspecified atom stereocenters. The molecule has 1 amide bonds. The van der Waals surface area contributed by atoms with E-state index in [2.05, 4.69) is 5.32 Å². The summed E-state index contributed by atoms with van der Waals surface area (Å²) in [6.07, 6.45) is 0. The number of nitrogens with one attached hydrogen (secondary N) is 2. The molecule has 1 aliphatic rings. The third kappa shape index (κ3) is 5.92. The first-order chi connectivity index (χ1) is 13.5. The van der Waals surface area contributed by atoms with Crippen molar-refractivity contribution < 1.29 is 23.6 Å². The molecule has 2 N–H and O–H groups in total. The Morgan fingerprint density at radius 3 is 2.64 bits per heavy atom. The highest BCUT2D eigenvalue weighted by atomic mass is 35.5. The lowest BCUT2D eigenvalue weighted by atomic mass is 10.0. The number of halogens is 2. The molecule has 0 spiro atoms. The number of hydrogen-bond donors (Lipinski definition) is 2. The second kappa shape index (κ2) is 9.87. The Morgan fingerprint density at radius 2 is 1.96 bits per heavy atom. The number of carbonyl (C=O) groups excluding carboxylic acids is 1. The van der Waals surface area contributed by atoms with Gasteiger partial charge in [0.25, 0.3) is 5.91 Å². The van der Waals surface area contributed by atoms with Gasteiger partial charge in [-0.05, 0) is 30.7 Å². The van der Waals surface area contributed by atoms with E-state index in [1.165, 1.54) is 22.6 Å². The van der Waals surface area contributed by atoms with Crippen molar-refractivity contribution in [2.24, 2.45) is 0 Å². The molecule has 1 aliphatic heterocycles. The quantitative estimate of drug-likeness (QED) is 0.737. The van der Waals surface area contributed by atoms with Crippen LogP contribution in [0.1, 0.15) is 17.2 Å². The number of ether oxygens (including phenoxy) is 2. The standard InChI is InChI=1S/C21H24ClFN2O3/c1-15-2-4-16(5-3-15)19(13-25-8-10-27-11-9-25)24-21(26)14-28-20-7-6-17(23)12-18(20)22/h2-7,12,19H,8-11,13-14H2,1H3,(H,24,26)/p+1/t19-/m0/s1. The number of benzene rings is 2. The molecule has 1 saturated heterocycles. The highest BCUT2D eigenvalue weighted by Crippen LogP contribution is 2.24. The zero-order valence-electron chi connectivity index (χ0n) is 15.8. The fourth-order valence-electron chi connectivity index (χ4n) is 3.18. The number of quaternary nitrogens is 1. The van der Waals surface area contributed by atoms with Gasteiger partial charge in [-0.3, -0.25) is 4.79 Å². The van der Waals surface area contributed by atoms with Gasteiger partial charge in [-0.2, -0.15) is 0 Å². The van der Waals surface area contributed by atoms with Gasteiger partial charge in [-0.15, -0.1) is 0 Å². The van der Waals surface area contributed by atoms with Crippen LogP contribution in [0.2, 0.25) is 5.02 Å². The van der Waals surface area contributed by atoms with E-state index >= 15 is 0 Å². The molecule has 1 fully saturated rings. The molecule has 0 saturated carbocycles. The van der Waals surface area contributed by atoms with Gasteiger partial charge >= 0.3 is 0 Å². The van der Waals surface area contributed by atoms with Crippen LogP contribution in [0.15, 0.2) is 42.5 Å². The van der Waals surface area contributed by atoms with E-state index in [1.54, 1.807) is 0 Å². The number of morpholine rings is 1. The number of hydrogen-bond acceptors (Lipinski definition) is 3. The Bertz CT molecular complexity index is 795. The summed E-state index contributed by atoms with van der Waals surface area (Å²) in [5, 5.41) is 3.20. The van der Waals surface area contributed by atoms with Gasteiger partial charge in [0.1, 0.15) is 37.2 Å². The second-order valence-electron chi connectivity index (χ2n) is 6.96. The van der Waals surface area contributed by atoms with Crippen molar-refractivity contribution >= 4 is 17.5 Å². The fourth-order valence-corrected chi connectivity index (χ4v) is 3.40. The molecule has 0 aliphatic carbocycles. The predicted molar refractivity (Wildman–Crippen MR) is 105 cm³/mol. The van der Waals surface area contributed by atoms with E-state index in [0.717, 1.165) is 44.5 Å². The van der Waals surface area contributed by atoms with E-state index in [1.807, 2.05) is 31.2 Å². The van der Waals surface area contributed by atoms with Crippen molar-refractivity contribution in [1.82, 2.24) is 5.32 Å². The van der Waals surface area contributed by atoms with Gasteiger partial charge in [-0.25, -0.2) is 4.39 Å². The van der Waals surface area contributed by atoms with E-state index in [0.29, 0.717) is 0 Å². The lowest BCUT2D eigenvalue weighted by Gasteiger charge is -2.28. The number of aryl methyl sites for hydroxylation is 1. The third-order valence-corrected chi connectivity index (χ3v) is 5.06. The summed E-state index contributed by atoms with van der Waals surface area (Å²) in [4.78, 5) is 13.9. The highest BCUT2D eigenvalue weighted by Gasteiger charge is 2.23. The lowest BCUT2D eigenvalue weighted by Crippen LogP contribution is -3.14. The van der Waals surface area contributed by atoms with Gasteiger partial charge in [-0.1, -0.05) is 41.4 Å². The third-order valence-electron chi connectivity index (χ3n) is 4.76. The highest BCUT2D eigenvalue weighted by molar-refractivity contribution is 6.32. The van der Waals surface area contributed by atoms with Gasteiger partial charge in [0.05, 0.1) is 18.2 Å². The van der Waals surface area contributed by atoms with Crippen LogP contribution in [0, 0.1) is 12.7 Å². The van der Waals surface area contributed by atoms with E-state index < -0.39 is 5.82 Å². The van der Waals surface area contributed by atoms with Crippen LogP contribution in [0.4, 0.5) is 4.39 Å². The minimum absolute atomic E-state index is 0.131. The minimum atomic E-state index is -0.449. The maximum Gasteiger partial charge on any atom is 0.258 e. The molecular weight excluding hydrogens is 383 g/mol. The first-order valence-corrected chi connectivity index (χ1v) is 9.74. The van der Waals surface area contributed by atoms with Gasteiger partial charge < -0.3 is 19.7 Å². The van der Waals surface area contributed by atoms with Crippen LogP contribution in [-0.2, 0) is 9.53 Å². The molecule has 0 radical (unpaired) electrons. The SMILES string of the molecule is Cc1ccc([C@H](C[NH+]2CCOCC2)NC(=O)COc2ccc(F)cc2Cl)cc1. The normalized spacial score (nSPS) is 15.8. The molecule has 150 valence electrons. The van der Waals surface area contributed by atoms with E-state index in [-0.39, 0.29) is 29.3 Å². The van der Waals surface area contributed by atoms with Crippen molar-refractivity contribution in [2.75, 3.05) is 39.5 Å². The topological polar surface area (TPSA) is 52.0 Å². The first kappa shape index (κ1) is 20.6. The molecular formula is C21H25ClFN2O3+. The summed E-state index contributed by atoms with van der Waals surface area (Å²) < 4.78 is 24.0. The van der Waals surface area contributed by atoms with Crippen LogP contribution in [-0.4, -0.2) is 45.4 Å². The molecule has 0 bridgehead atoms. The molecule has 0 aromatic heterocycles. The number of carbonyl (C=O) groups is 1. The Labute approximate surface area is 169 Å². The molecule has 2 aromatic rings. The Hall–Kier alpha value is -2.15. The van der Waals surface area contributed by atoms with E-state index in [4.69, 9.17) is 21.1 Å². The summed E-state index contributed by atoms with van der Waals surface area (Å²) in [5.41, 5.74) is 2.22. The fraction of sp³-hybridized carbons (Fsp3) is 0.381. The summed E-state index contributed by atoms with van der Waals surface area (Å²) >= 11 is 5.95. The molecule has 3 rings (SSSR count). The summed E-state index contributed by atoms with van der Waals surface area (Å²) in [5.74, 6) is -0.419. The Kier molecular flexibility index (Phi) is 7.25. The predicted octanol–water partition coefficient (Wildman–Crippen LogP) is 1.94. The number of amides is 1. The maximum absolute atomic E-state index is 13.1.